The largest absolute Gasteiger partial charge is 0.316 e. The number of carbonyl (C=O) groups is 1. The molecular weight excluding hydrogens is 402 g/mol. The molecule has 0 saturated heterocycles. The number of hydrazone groups is 1. The van der Waals surface area contributed by atoms with Crippen molar-refractivity contribution in [3.8, 4) is 5.69 Å². The molecule has 0 fully saturated rings. The maximum absolute atomic E-state index is 12.1. The van der Waals surface area contributed by atoms with E-state index < -0.39 is 0 Å². The van der Waals surface area contributed by atoms with Crippen LogP contribution in [0, 0.1) is 6.92 Å². The number of amides is 1. The summed E-state index contributed by atoms with van der Waals surface area (Å²) < 4.78 is 2.79. The summed E-state index contributed by atoms with van der Waals surface area (Å²) in [5.41, 5.74) is 5.85. The van der Waals surface area contributed by atoms with Gasteiger partial charge in [-0.25, -0.2) is 5.43 Å². The Labute approximate surface area is 159 Å². The lowest BCUT2D eigenvalue weighted by Crippen LogP contribution is -2.17. The number of hydrogen-bond acceptors (Lipinski definition) is 2. The lowest BCUT2D eigenvalue weighted by molar-refractivity contribution is 0.0955. The second-order valence-electron chi connectivity index (χ2n) is 5.45. The lowest BCUT2D eigenvalue weighted by Gasteiger charge is -2.08. The van der Waals surface area contributed by atoms with Crippen molar-refractivity contribution in [3.63, 3.8) is 0 Å². The van der Waals surface area contributed by atoms with E-state index >= 15 is 0 Å². The summed E-state index contributed by atoms with van der Waals surface area (Å²) in [5, 5.41) is 4.76. The molecule has 0 aliphatic carbocycles. The first kappa shape index (κ1) is 17.5. The Hall–Kier alpha value is -2.37. The van der Waals surface area contributed by atoms with E-state index in [4.69, 9.17) is 11.6 Å². The third-order valence-corrected chi connectivity index (χ3v) is 4.56. The van der Waals surface area contributed by atoms with Crippen LogP contribution in [0.2, 0.25) is 5.02 Å². The van der Waals surface area contributed by atoms with Gasteiger partial charge in [0.25, 0.3) is 5.91 Å². The maximum Gasteiger partial charge on any atom is 0.271 e. The Kier molecular flexibility index (Phi) is 5.36. The van der Waals surface area contributed by atoms with Gasteiger partial charge in [-0.2, -0.15) is 5.10 Å². The number of rotatable bonds is 4. The number of benzene rings is 2. The van der Waals surface area contributed by atoms with Crippen molar-refractivity contribution in [1.82, 2.24) is 9.99 Å². The first-order valence-electron chi connectivity index (χ1n) is 7.57. The maximum atomic E-state index is 12.1. The fourth-order valence-corrected chi connectivity index (χ4v) is 2.89. The van der Waals surface area contributed by atoms with E-state index in [0.29, 0.717) is 10.6 Å². The normalized spacial score (nSPS) is 11.0. The van der Waals surface area contributed by atoms with E-state index in [2.05, 4.69) is 26.5 Å². The van der Waals surface area contributed by atoms with Gasteiger partial charge in [0, 0.05) is 26.9 Å². The molecule has 0 bridgehead atoms. The molecule has 3 aromatic rings. The number of halogens is 2. The minimum absolute atomic E-state index is 0.269. The quantitative estimate of drug-likeness (QED) is 0.474. The summed E-state index contributed by atoms with van der Waals surface area (Å²) >= 11 is 9.55. The van der Waals surface area contributed by atoms with E-state index in [1.165, 1.54) is 0 Å². The van der Waals surface area contributed by atoms with Crippen molar-refractivity contribution in [3.05, 3.63) is 87.1 Å². The molecule has 0 spiro atoms. The van der Waals surface area contributed by atoms with Crippen LogP contribution >= 0.6 is 27.5 Å². The Morgan fingerprint density at radius 3 is 2.80 bits per heavy atom. The molecule has 1 amide bonds. The summed E-state index contributed by atoms with van der Waals surface area (Å²) in [5.74, 6) is -0.269. The molecule has 126 valence electrons. The molecular formula is C19H15BrClN3O. The van der Waals surface area contributed by atoms with Crippen molar-refractivity contribution in [2.24, 2.45) is 5.10 Å². The second-order valence-corrected chi connectivity index (χ2v) is 6.77. The third-order valence-electron chi connectivity index (χ3n) is 3.66. The van der Waals surface area contributed by atoms with Gasteiger partial charge in [0.15, 0.2) is 0 Å². The predicted molar refractivity (Wildman–Crippen MR) is 105 cm³/mol. The van der Waals surface area contributed by atoms with Gasteiger partial charge in [-0.1, -0.05) is 39.7 Å². The summed E-state index contributed by atoms with van der Waals surface area (Å²) in [6.07, 6.45) is 3.52. The van der Waals surface area contributed by atoms with Crippen LogP contribution in [0.15, 0.2) is 70.4 Å². The first-order chi connectivity index (χ1) is 12.0. The highest BCUT2D eigenvalue weighted by Gasteiger charge is 2.06. The zero-order valence-electron chi connectivity index (χ0n) is 13.4. The summed E-state index contributed by atoms with van der Waals surface area (Å²) in [6.45, 7) is 1.96. The number of carbonyl (C=O) groups excluding carboxylic acids is 1. The van der Waals surface area contributed by atoms with Gasteiger partial charge in [0.2, 0.25) is 0 Å². The van der Waals surface area contributed by atoms with Crippen LogP contribution in [-0.2, 0) is 0 Å². The molecule has 0 unspecified atom stereocenters. The number of aromatic nitrogens is 1. The molecule has 0 atom stereocenters. The molecule has 0 radical (unpaired) electrons. The van der Waals surface area contributed by atoms with Gasteiger partial charge in [0.05, 0.1) is 11.9 Å². The zero-order valence-corrected chi connectivity index (χ0v) is 15.8. The van der Waals surface area contributed by atoms with Gasteiger partial charge in [-0.15, -0.1) is 0 Å². The fourth-order valence-electron chi connectivity index (χ4n) is 2.32. The molecule has 6 heteroatoms. The minimum Gasteiger partial charge on any atom is -0.316 e. The fraction of sp³-hybridized carbons (Fsp3) is 0.0526. The van der Waals surface area contributed by atoms with E-state index in [-0.39, 0.29) is 5.91 Å². The van der Waals surface area contributed by atoms with Crippen molar-refractivity contribution in [1.29, 1.82) is 0 Å². The van der Waals surface area contributed by atoms with Gasteiger partial charge < -0.3 is 4.57 Å². The third kappa shape index (κ3) is 4.18. The lowest BCUT2D eigenvalue weighted by atomic mass is 10.2. The first-order valence-corrected chi connectivity index (χ1v) is 8.74. The van der Waals surface area contributed by atoms with Gasteiger partial charge in [0.1, 0.15) is 0 Å². The number of aryl methyl sites for hydroxylation is 1. The highest BCUT2D eigenvalue weighted by atomic mass is 79.9. The highest BCUT2D eigenvalue weighted by molar-refractivity contribution is 9.10. The zero-order chi connectivity index (χ0) is 17.8. The van der Waals surface area contributed by atoms with E-state index in [1.54, 1.807) is 24.4 Å². The minimum atomic E-state index is -0.269. The average molecular weight is 417 g/mol. The molecule has 0 aliphatic rings. The van der Waals surface area contributed by atoms with Gasteiger partial charge in [-0.3, -0.25) is 4.79 Å². The standard InChI is InChI=1S/C19H15BrClN3O/c1-13-7-8-16(11-18(13)21)24-9-3-6-17(24)12-22-23-19(25)14-4-2-5-15(20)10-14/h2-12H,1H3,(H,23,25)/b22-12-. The van der Waals surface area contributed by atoms with Crippen molar-refractivity contribution in [2.75, 3.05) is 0 Å². The molecule has 0 aliphatic heterocycles. The Balaban J connectivity index is 1.76. The summed E-state index contributed by atoms with van der Waals surface area (Å²) in [4.78, 5) is 12.1. The van der Waals surface area contributed by atoms with Crippen molar-refractivity contribution >= 4 is 39.7 Å². The van der Waals surface area contributed by atoms with Gasteiger partial charge >= 0.3 is 0 Å². The van der Waals surface area contributed by atoms with Gasteiger partial charge in [-0.05, 0) is 55.0 Å². The summed E-state index contributed by atoms with van der Waals surface area (Å²) in [6, 6.07) is 16.8. The van der Waals surface area contributed by atoms with Crippen LogP contribution in [-0.4, -0.2) is 16.7 Å². The average Bonchev–Trinajstić information content (AvgIpc) is 3.06. The summed E-state index contributed by atoms with van der Waals surface area (Å²) in [7, 11) is 0. The van der Waals surface area contributed by atoms with E-state index in [1.807, 2.05) is 54.1 Å². The molecule has 25 heavy (non-hydrogen) atoms. The van der Waals surface area contributed by atoms with E-state index in [0.717, 1.165) is 21.4 Å². The number of nitrogens with zero attached hydrogens (tertiary/aromatic N) is 2. The molecule has 2 aromatic carbocycles. The SMILES string of the molecule is Cc1ccc(-n2cccc2/C=N\NC(=O)c2cccc(Br)c2)cc1Cl. The Bertz CT molecular complexity index is 949. The molecule has 0 saturated carbocycles. The van der Waals surface area contributed by atoms with Crippen LogP contribution in [0.25, 0.3) is 5.69 Å². The second kappa shape index (κ2) is 7.68. The monoisotopic (exact) mass is 415 g/mol. The molecule has 1 heterocycles. The smallest absolute Gasteiger partial charge is 0.271 e. The number of nitrogens with one attached hydrogen (secondary N) is 1. The highest BCUT2D eigenvalue weighted by Crippen LogP contribution is 2.20. The topological polar surface area (TPSA) is 46.4 Å². The Morgan fingerprint density at radius 1 is 1.20 bits per heavy atom. The van der Waals surface area contributed by atoms with Crippen molar-refractivity contribution in [2.45, 2.75) is 6.92 Å². The number of hydrogen-bond donors (Lipinski definition) is 1. The van der Waals surface area contributed by atoms with E-state index in [9.17, 15) is 4.79 Å². The van der Waals surface area contributed by atoms with Crippen LogP contribution in [0.4, 0.5) is 0 Å². The van der Waals surface area contributed by atoms with Crippen LogP contribution in [0.1, 0.15) is 21.6 Å². The predicted octanol–water partition coefficient (Wildman–Crippen LogP) is 4.97. The molecule has 1 N–H and O–H groups in total. The molecule has 4 nitrogen and oxygen atoms in total. The van der Waals surface area contributed by atoms with Crippen LogP contribution < -0.4 is 5.43 Å². The Morgan fingerprint density at radius 2 is 2.04 bits per heavy atom. The van der Waals surface area contributed by atoms with Crippen LogP contribution in [0.3, 0.4) is 0 Å². The van der Waals surface area contributed by atoms with Crippen LogP contribution in [0.5, 0.6) is 0 Å². The molecule has 1 aromatic heterocycles. The molecule has 3 rings (SSSR count). The van der Waals surface area contributed by atoms with Crippen molar-refractivity contribution < 1.29 is 4.79 Å².